The van der Waals surface area contributed by atoms with E-state index >= 15 is 0 Å². The van der Waals surface area contributed by atoms with E-state index in [1.807, 2.05) is 30.3 Å². The summed E-state index contributed by atoms with van der Waals surface area (Å²) in [5, 5.41) is 2.65. The molecule has 0 atom stereocenters. The maximum absolute atomic E-state index is 11.6. The Bertz CT molecular complexity index is 633. The van der Waals surface area contributed by atoms with Crippen LogP contribution in [0.1, 0.15) is 83.1 Å². The van der Waals surface area contributed by atoms with Gasteiger partial charge in [0.15, 0.2) is 0 Å². The minimum absolute atomic E-state index is 0.253. The predicted octanol–water partition coefficient (Wildman–Crippen LogP) is 6.31. The zero-order valence-electron chi connectivity index (χ0n) is 24.5. The first-order valence-electron chi connectivity index (χ1n) is 15.2. The van der Waals surface area contributed by atoms with Gasteiger partial charge < -0.3 is 33.7 Å². The zero-order valence-corrected chi connectivity index (χ0v) is 24.5. The summed E-state index contributed by atoms with van der Waals surface area (Å²) in [6.07, 6.45) is 14.4. The van der Waals surface area contributed by atoms with Crippen molar-refractivity contribution in [2.24, 2.45) is 0 Å². The van der Waals surface area contributed by atoms with Crippen LogP contribution in [0.25, 0.3) is 0 Å². The molecule has 1 N–H and O–H groups in total. The predicted molar refractivity (Wildman–Crippen MR) is 155 cm³/mol. The van der Waals surface area contributed by atoms with E-state index in [0.29, 0.717) is 66.0 Å². The molecule has 226 valence electrons. The minimum atomic E-state index is -0.452. The van der Waals surface area contributed by atoms with Crippen LogP contribution in [0.5, 0.6) is 0 Å². The molecule has 8 nitrogen and oxygen atoms in total. The van der Waals surface area contributed by atoms with Crippen LogP contribution in [0.4, 0.5) is 4.79 Å². The summed E-state index contributed by atoms with van der Waals surface area (Å²) in [5.41, 5.74) is 0.951. The number of carbonyl (C=O) groups is 1. The lowest BCUT2D eigenvalue weighted by atomic mass is 10.1. The lowest BCUT2D eigenvalue weighted by molar-refractivity contribution is -0.0110. The first-order valence-corrected chi connectivity index (χ1v) is 15.2. The molecule has 0 spiro atoms. The number of unbranched alkanes of at least 4 members (excludes halogenated alkanes) is 10. The first kappa shape index (κ1) is 35.3. The van der Waals surface area contributed by atoms with Crippen molar-refractivity contribution in [3.8, 4) is 0 Å². The molecule has 0 aromatic heterocycles. The van der Waals surface area contributed by atoms with Crippen LogP contribution in [-0.2, 0) is 35.0 Å². The fourth-order valence-electron chi connectivity index (χ4n) is 3.85. The van der Waals surface area contributed by atoms with Gasteiger partial charge in [-0.1, -0.05) is 101 Å². The summed E-state index contributed by atoms with van der Waals surface area (Å²) < 4.78 is 32.7. The second kappa shape index (κ2) is 29.3. The molecule has 1 aromatic rings. The van der Waals surface area contributed by atoms with E-state index in [1.165, 1.54) is 64.2 Å². The molecule has 1 rings (SSSR count). The van der Waals surface area contributed by atoms with Crippen molar-refractivity contribution in [1.82, 2.24) is 5.32 Å². The SMILES string of the molecule is CCCCCCCCCCCCCOCCOCCOCCOCCOCCNC(=O)OCc1ccccc1. The molecule has 0 radical (unpaired) electrons. The Balaban J connectivity index is 1.66. The topological polar surface area (TPSA) is 84.5 Å². The van der Waals surface area contributed by atoms with E-state index < -0.39 is 6.09 Å². The summed E-state index contributed by atoms with van der Waals surface area (Å²) in [5.74, 6) is 0. The van der Waals surface area contributed by atoms with Crippen LogP contribution in [0.15, 0.2) is 30.3 Å². The Hall–Kier alpha value is -1.71. The highest BCUT2D eigenvalue weighted by Gasteiger charge is 2.01. The van der Waals surface area contributed by atoms with Gasteiger partial charge in [0.2, 0.25) is 0 Å². The Kier molecular flexibility index (Phi) is 26.5. The van der Waals surface area contributed by atoms with Crippen LogP contribution >= 0.6 is 0 Å². The first-order chi connectivity index (χ1) is 19.3. The summed E-state index contributed by atoms with van der Waals surface area (Å²) in [6, 6.07) is 9.56. The number of rotatable bonds is 29. The average Bonchev–Trinajstić information content (AvgIpc) is 2.96. The third-order valence-electron chi connectivity index (χ3n) is 6.11. The smallest absolute Gasteiger partial charge is 0.407 e. The van der Waals surface area contributed by atoms with E-state index in [9.17, 15) is 4.79 Å². The number of alkyl carbamates (subject to hydrolysis) is 1. The van der Waals surface area contributed by atoms with Gasteiger partial charge in [-0.25, -0.2) is 4.79 Å². The number of hydrogen-bond donors (Lipinski definition) is 1. The van der Waals surface area contributed by atoms with Crippen molar-refractivity contribution >= 4 is 6.09 Å². The molecule has 0 aliphatic heterocycles. The van der Waals surface area contributed by atoms with Gasteiger partial charge >= 0.3 is 6.09 Å². The standard InChI is InChI=1S/C31H55NO7/c1-2-3-4-5-6-7-8-9-10-11-15-19-34-21-23-36-25-27-38-28-26-37-24-22-35-20-18-32-31(33)39-29-30-16-13-12-14-17-30/h12-14,16-17H,2-11,15,18-29H2,1H3,(H,32,33). The summed E-state index contributed by atoms with van der Waals surface area (Å²) in [6.45, 7) is 8.48. The van der Waals surface area contributed by atoms with Gasteiger partial charge in [0, 0.05) is 13.2 Å². The third-order valence-corrected chi connectivity index (χ3v) is 6.11. The quantitative estimate of drug-likeness (QED) is 0.116. The highest BCUT2D eigenvalue weighted by Crippen LogP contribution is 2.11. The van der Waals surface area contributed by atoms with Crippen LogP contribution in [0, 0.1) is 0 Å². The van der Waals surface area contributed by atoms with E-state index in [2.05, 4.69) is 12.2 Å². The number of carbonyl (C=O) groups excluding carboxylic acids is 1. The van der Waals surface area contributed by atoms with Crippen LogP contribution in [0.3, 0.4) is 0 Å². The Morgan fingerprint density at radius 3 is 1.51 bits per heavy atom. The number of nitrogens with one attached hydrogen (secondary N) is 1. The van der Waals surface area contributed by atoms with Crippen molar-refractivity contribution in [1.29, 1.82) is 0 Å². The van der Waals surface area contributed by atoms with E-state index in [1.54, 1.807) is 0 Å². The van der Waals surface area contributed by atoms with E-state index in [4.69, 9.17) is 28.4 Å². The number of ether oxygens (including phenoxy) is 6. The molecule has 39 heavy (non-hydrogen) atoms. The fraction of sp³-hybridized carbons (Fsp3) is 0.774. The van der Waals surface area contributed by atoms with E-state index in [0.717, 1.165) is 18.6 Å². The molecule has 0 saturated carbocycles. The third kappa shape index (κ3) is 26.3. The largest absolute Gasteiger partial charge is 0.445 e. The molecule has 0 saturated heterocycles. The van der Waals surface area contributed by atoms with Crippen LogP contribution in [-0.4, -0.2) is 78.7 Å². The second-order valence-corrected chi connectivity index (χ2v) is 9.59. The summed E-state index contributed by atoms with van der Waals surface area (Å²) >= 11 is 0. The van der Waals surface area contributed by atoms with Crippen LogP contribution in [0.2, 0.25) is 0 Å². The number of amides is 1. The normalized spacial score (nSPS) is 11.1. The zero-order chi connectivity index (χ0) is 27.9. The van der Waals surface area contributed by atoms with Crippen molar-refractivity contribution in [3.63, 3.8) is 0 Å². The Morgan fingerprint density at radius 1 is 0.564 bits per heavy atom. The molecule has 0 aliphatic rings. The van der Waals surface area contributed by atoms with Gasteiger partial charge in [-0.05, 0) is 12.0 Å². The number of hydrogen-bond acceptors (Lipinski definition) is 7. The highest BCUT2D eigenvalue weighted by atomic mass is 16.6. The van der Waals surface area contributed by atoms with Crippen molar-refractivity contribution in [2.45, 2.75) is 84.2 Å². The molecule has 0 bridgehead atoms. The van der Waals surface area contributed by atoms with Crippen molar-refractivity contribution in [3.05, 3.63) is 35.9 Å². The fourth-order valence-corrected chi connectivity index (χ4v) is 3.85. The van der Waals surface area contributed by atoms with Gasteiger partial charge in [-0.2, -0.15) is 0 Å². The Morgan fingerprint density at radius 2 is 1.00 bits per heavy atom. The Labute approximate surface area is 237 Å². The molecule has 0 aliphatic carbocycles. The maximum Gasteiger partial charge on any atom is 0.407 e. The van der Waals surface area contributed by atoms with Gasteiger partial charge in [0.05, 0.1) is 59.5 Å². The van der Waals surface area contributed by atoms with Crippen molar-refractivity contribution < 1.29 is 33.2 Å². The van der Waals surface area contributed by atoms with Crippen LogP contribution < -0.4 is 5.32 Å². The summed E-state index contributed by atoms with van der Waals surface area (Å²) in [7, 11) is 0. The molecular weight excluding hydrogens is 498 g/mol. The second-order valence-electron chi connectivity index (χ2n) is 9.59. The van der Waals surface area contributed by atoms with Gasteiger partial charge in [0.25, 0.3) is 0 Å². The molecule has 1 amide bonds. The average molecular weight is 554 g/mol. The molecule has 0 unspecified atom stereocenters. The number of benzene rings is 1. The summed E-state index contributed by atoms with van der Waals surface area (Å²) in [4.78, 5) is 11.6. The molecule has 0 heterocycles. The molecule has 8 heteroatoms. The maximum atomic E-state index is 11.6. The van der Waals surface area contributed by atoms with Gasteiger partial charge in [0.1, 0.15) is 6.61 Å². The molecule has 1 aromatic carbocycles. The molecule has 0 fully saturated rings. The molecular formula is C31H55NO7. The highest BCUT2D eigenvalue weighted by molar-refractivity contribution is 5.67. The van der Waals surface area contributed by atoms with Crippen molar-refractivity contribution in [2.75, 3.05) is 72.6 Å². The lowest BCUT2D eigenvalue weighted by Crippen LogP contribution is -2.28. The van der Waals surface area contributed by atoms with Gasteiger partial charge in [-0.15, -0.1) is 0 Å². The monoisotopic (exact) mass is 553 g/mol. The minimum Gasteiger partial charge on any atom is -0.445 e. The lowest BCUT2D eigenvalue weighted by Gasteiger charge is -2.09. The van der Waals surface area contributed by atoms with Gasteiger partial charge in [-0.3, -0.25) is 0 Å². The van der Waals surface area contributed by atoms with E-state index in [-0.39, 0.29) is 6.61 Å².